The number of hydrogen-bond acceptors (Lipinski definition) is 3. The molecule has 0 saturated carbocycles. The average molecular weight is 277 g/mol. The number of halogens is 1. The summed E-state index contributed by atoms with van der Waals surface area (Å²) in [5.74, 6) is 0.189. The Morgan fingerprint density at radius 3 is 2.58 bits per heavy atom. The first-order chi connectivity index (χ1) is 8.97. The Labute approximate surface area is 115 Å². The van der Waals surface area contributed by atoms with Crippen molar-refractivity contribution < 1.29 is 9.53 Å². The van der Waals surface area contributed by atoms with Gasteiger partial charge in [0.1, 0.15) is 11.5 Å². The van der Waals surface area contributed by atoms with Crippen molar-refractivity contribution in [3.8, 4) is 11.5 Å². The van der Waals surface area contributed by atoms with Crippen LogP contribution >= 0.6 is 11.6 Å². The maximum atomic E-state index is 11.4. The number of hydrogen-bond donors (Lipinski definition) is 2. The lowest BCUT2D eigenvalue weighted by atomic mass is 10.1. The quantitative estimate of drug-likeness (QED) is 0.846. The van der Waals surface area contributed by atoms with E-state index in [2.05, 4.69) is 0 Å². The van der Waals surface area contributed by atoms with Gasteiger partial charge < -0.3 is 16.2 Å². The summed E-state index contributed by atoms with van der Waals surface area (Å²) < 4.78 is 5.65. The molecule has 1 amide bonds. The van der Waals surface area contributed by atoms with Crippen molar-refractivity contribution in [3.05, 3.63) is 52.5 Å². The summed E-state index contributed by atoms with van der Waals surface area (Å²) in [6.07, 6.45) is 0. The van der Waals surface area contributed by atoms with Gasteiger partial charge in [0.25, 0.3) is 5.91 Å². The lowest BCUT2D eigenvalue weighted by Crippen LogP contribution is -2.12. The molecule has 0 fully saturated rings. The van der Waals surface area contributed by atoms with Gasteiger partial charge in [-0.2, -0.15) is 0 Å². The smallest absolute Gasteiger partial charge is 0.252 e. The van der Waals surface area contributed by atoms with Crippen LogP contribution in [-0.4, -0.2) is 5.91 Å². The van der Waals surface area contributed by atoms with Gasteiger partial charge in [0.05, 0.1) is 10.6 Å². The summed E-state index contributed by atoms with van der Waals surface area (Å²) in [5, 5.41) is 0.456. The number of ether oxygens (including phenoxy) is 1. The molecule has 2 aromatic rings. The van der Waals surface area contributed by atoms with Crippen LogP contribution in [0.5, 0.6) is 11.5 Å². The minimum atomic E-state index is -0.605. The van der Waals surface area contributed by atoms with Gasteiger partial charge in [0, 0.05) is 5.69 Å². The maximum absolute atomic E-state index is 11.4. The second-order valence-corrected chi connectivity index (χ2v) is 4.56. The highest BCUT2D eigenvalue weighted by Crippen LogP contribution is 2.32. The number of benzene rings is 2. The van der Waals surface area contributed by atoms with Crippen LogP contribution in [0.1, 0.15) is 15.9 Å². The van der Waals surface area contributed by atoms with Crippen LogP contribution in [0.15, 0.2) is 36.4 Å². The van der Waals surface area contributed by atoms with E-state index in [0.29, 0.717) is 22.2 Å². The van der Waals surface area contributed by atoms with Crippen molar-refractivity contribution in [2.75, 3.05) is 5.73 Å². The Balaban J connectivity index is 2.43. The molecule has 0 unspecified atom stereocenters. The number of primary amides is 1. The van der Waals surface area contributed by atoms with Crippen molar-refractivity contribution in [2.45, 2.75) is 6.92 Å². The van der Waals surface area contributed by atoms with E-state index in [1.807, 2.05) is 13.0 Å². The standard InChI is InChI=1S/C14H13ClN2O2/c1-8-2-4-11(15)13(6-8)19-12-5-3-9(16)7-10(12)14(17)18/h2-7H,16H2,1H3,(H2,17,18). The summed E-state index contributed by atoms with van der Waals surface area (Å²) in [4.78, 5) is 11.4. The van der Waals surface area contributed by atoms with Gasteiger partial charge in [-0.1, -0.05) is 17.7 Å². The molecule has 0 aliphatic carbocycles. The van der Waals surface area contributed by atoms with Gasteiger partial charge in [0.15, 0.2) is 0 Å². The fourth-order valence-corrected chi connectivity index (χ4v) is 1.79. The van der Waals surface area contributed by atoms with Crippen molar-refractivity contribution in [1.29, 1.82) is 0 Å². The number of anilines is 1. The number of rotatable bonds is 3. The molecule has 98 valence electrons. The monoisotopic (exact) mass is 276 g/mol. The number of aryl methyl sites for hydroxylation is 1. The van der Waals surface area contributed by atoms with Gasteiger partial charge in [0.2, 0.25) is 0 Å². The van der Waals surface area contributed by atoms with E-state index in [9.17, 15) is 4.79 Å². The molecule has 0 saturated heterocycles. The van der Waals surface area contributed by atoms with E-state index in [1.54, 1.807) is 24.3 Å². The molecular weight excluding hydrogens is 264 g/mol. The van der Waals surface area contributed by atoms with Crippen LogP contribution in [0.25, 0.3) is 0 Å². The molecule has 0 bridgehead atoms. The van der Waals surface area contributed by atoms with Crippen LogP contribution in [-0.2, 0) is 0 Å². The predicted octanol–water partition coefficient (Wildman–Crippen LogP) is 3.12. The molecule has 0 aromatic heterocycles. The number of carbonyl (C=O) groups is 1. The minimum absolute atomic E-state index is 0.220. The van der Waals surface area contributed by atoms with Crippen LogP contribution in [0, 0.1) is 6.92 Å². The van der Waals surface area contributed by atoms with E-state index < -0.39 is 5.91 Å². The van der Waals surface area contributed by atoms with Gasteiger partial charge in [-0.25, -0.2) is 0 Å². The fourth-order valence-electron chi connectivity index (χ4n) is 1.64. The molecule has 4 nitrogen and oxygen atoms in total. The highest BCUT2D eigenvalue weighted by Gasteiger charge is 2.12. The number of nitrogen functional groups attached to an aromatic ring is 1. The highest BCUT2D eigenvalue weighted by atomic mass is 35.5. The first-order valence-corrected chi connectivity index (χ1v) is 5.98. The molecule has 19 heavy (non-hydrogen) atoms. The van der Waals surface area contributed by atoms with Crippen LogP contribution in [0.2, 0.25) is 5.02 Å². The van der Waals surface area contributed by atoms with Crippen LogP contribution in [0.3, 0.4) is 0 Å². The Hall–Kier alpha value is -2.20. The topological polar surface area (TPSA) is 78.3 Å². The molecule has 4 N–H and O–H groups in total. The highest BCUT2D eigenvalue weighted by molar-refractivity contribution is 6.32. The zero-order valence-corrected chi connectivity index (χ0v) is 11.1. The summed E-state index contributed by atoms with van der Waals surface area (Å²) in [5.41, 5.74) is 12.6. The number of amides is 1. The van der Waals surface area contributed by atoms with Crippen LogP contribution in [0.4, 0.5) is 5.69 Å². The molecule has 0 aliphatic heterocycles. The second kappa shape index (κ2) is 5.20. The van der Waals surface area contributed by atoms with E-state index in [4.69, 9.17) is 27.8 Å². The number of nitrogens with two attached hydrogens (primary N) is 2. The molecule has 2 rings (SSSR count). The molecule has 0 spiro atoms. The number of carbonyl (C=O) groups excluding carboxylic acids is 1. The van der Waals surface area contributed by atoms with Gasteiger partial charge in [-0.15, -0.1) is 0 Å². The fraction of sp³-hybridized carbons (Fsp3) is 0.0714. The Kier molecular flexibility index (Phi) is 3.62. The van der Waals surface area contributed by atoms with E-state index in [0.717, 1.165) is 5.56 Å². The third-order valence-corrected chi connectivity index (χ3v) is 2.89. The predicted molar refractivity (Wildman–Crippen MR) is 75.6 cm³/mol. The van der Waals surface area contributed by atoms with Crippen LogP contribution < -0.4 is 16.2 Å². The molecule has 2 aromatic carbocycles. The van der Waals surface area contributed by atoms with Gasteiger partial charge in [-0.3, -0.25) is 4.79 Å². The zero-order chi connectivity index (χ0) is 14.0. The average Bonchev–Trinajstić information content (AvgIpc) is 2.35. The normalized spacial score (nSPS) is 10.2. The van der Waals surface area contributed by atoms with E-state index in [-0.39, 0.29) is 5.56 Å². The Morgan fingerprint density at radius 1 is 1.16 bits per heavy atom. The van der Waals surface area contributed by atoms with Crippen molar-refractivity contribution in [3.63, 3.8) is 0 Å². The largest absolute Gasteiger partial charge is 0.455 e. The summed E-state index contributed by atoms with van der Waals surface area (Å²) >= 11 is 6.04. The lowest BCUT2D eigenvalue weighted by Gasteiger charge is -2.11. The third kappa shape index (κ3) is 2.98. The molecule has 0 atom stereocenters. The lowest BCUT2D eigenvalue weighted by molar-refractivity contribution is 0.0998. The van der Waals surface area contributed by atoms with Crippen molar-refractivity contribution >= 4 is 23.2 Å². The van der Waals surface area contributed by atoms with E-state index >= 15 is 0 Å². The molecule has 0 aliphatic rings. The maximum Gasteiger partial charge on any atom is 0.252 e. The SMILES string of the molecule is Cc1ccc(Cl)c(Oc2ccc(N)cc2C(N)=O)c1. The summed E-state index contributed by atoms with van der Waals surface area (Å²) in [6, 6.07) is 10.1. The minimum Gasteiger partial charge on any atom is -0.455 e. The Morgan fingerprint density at radius 2 is 1.89 bits per heavy atom. The van der Waals surface area contributed by atoms with Crippen molar-refractivity contribution in [1.82, 2.24) is 0 Å². The zero-order valence-electron chi connectivity index (χ0n) is 10.3. The van der Waals surface area contributed by atoms with Crippen molar-refractivity contribution in [2.24, 2.45) is 5.73 Å². The molecular formula is C14H13ClN2O2. The second-order valence-electron chi connectivity index (χ2n) is 4.16. The third-order valence-electron chi connectivity index (χ3n) is 2.58. The summed E-state index contributed by atoms with van der Waals surface area (Å²) in [6.45, 7) is 1.92. The first-order valence-electron chi connectivity index (χ1n) is 5.60. The summed E-state index contributed by atoms with van der Waals surface area (Å²) in [7, 11) is 0. The molecule has 0 heterocycles. The van der Waals surface area contributed by atoms with Gasteiger partial charge in [-0.05, 0) is 42.8 Å². The molecule has 5 heteroatoms. The van der Waals surface area contributed by atoms with E-state index in [1.165, 1.54) is 6.07 Å². The van der Waals surface area contributed by atoms with Gasteiger partial charge >= 0.3 is 0 Å². The Bertz CT molecular complexity index is 641. The molecule has 0 radical (unpaired) electrons. The first kappa shape index (κ1) is 13.2.